The fraction of sp³-hybridized carbons (Fsp3) is 0.208. The van der Waals surface area contributed by atoms with E-state index in [-0.39, 0.29) is 12.7 Å². The van der Waals surface area contributed by atoms with Crippen LogP contribution in [0.3, 0.4) is 0 Å². The van der Waals surface area contributed by atoms with Gasteiger partial charge in [0.15, 0.2) is 17.1 Å². The SMILES string of the molecule is Cc1nn(C)c2ncc(C(=O)NCc3ccc4c(c3)OCO4)c(NCc3ccccc3)c12. The molecule has 1 aliphatic heterocycles. The van der Waals surface area contributed by atoms with Crippen molar-refractivity contribution in [2.24, 2.45) is 7.05 Å². The van der Waals surface area contributed by atoms with Gasteiger partial charge in [-0.15, -0.1) is 0 Å². The molecule has 0 saturated heterocycles. The van der Waals surface area contributed by atoms with Crippen molar-refractivity contribution in [3.8, 4) is 11.5 Å². The Morgan fingerprint density at radius 1 is 1.06 bits per heavy atom. The lowest BCUT2D eigenvalue weighted by Gasteiger charge is -2.14. The fourth-order valence-electron chi connectivity index (χ4n) is 3.88. The average molecular weight is 429 g/mol. The van der Waals surface area contributed by atoms with Gasteiger partial charge in [0.2, 0.25) is 6.79 Å². The van der Waals surface area contributed by atoms with Crippen LogP contribution >= 0.6 is 0 Å². The van der Waals surface area contributed by atoms with Crippen LogP contribution in [-0.2, 0) is 20.1 Å². The van der Waals surface area contributed by atoms with Gasteiger partial charge in [0, 0.05) is 26.3 Å². The average Bonchev–Trinajstić information content (AvgIpc) is 3.40. The van der Waals surface area contributed by atoms with Gasteiger partial charge in [-0.05, 0) is 30.2 Å². The van der Waals surface area contributed by atoms with Crippen molar-refractivity contribution >= 4 is 22.6 Å². The Labute approximate surface area is 185 Å². The molecule has 0 unspecified atom stereocenters. The lowest BCUT2D eigenvalue weighted by molar-refractivity contribution is 0.0951. The monoisotopic (exact) mass is 429 g/mol. The normalized spacial score (nSPS) is 12.2. The molecule has 3 heterocycles. The maximum Gasteiger partial charge on any atom is 0.255 e. The third-order valence-electron chi connectivity index (χ3n) is 5.47. The van der Waals surface area contributed by atoms with E-state index in [2.05, 4.69) is 20.7 Å². The lowest BCUT2D eigenvalue weighted by Crippen LogP contribution is -2.24. The molecule has 162 valence electrons. The van der Waals surface area contributed by atoms with Crippen molar-refractivity contribution in [2.75, 3.05) is 12.1 Å². The van der Waals surface area contributed by atoms with Crippen LogP contribution in [-0.4, -0.2) is 27.5 Å². The molecule has 32 heavy (non-hydrogen) atoms. The van der Waals surface area contributed by atoms with Crippen molar-refractivity contribution in [3.63, 3.8) is 0 Å². The van der Waals surface area contributed by atoms with Gasteiger partial charge in [0.1, 0.15) is 0 Å². The second kappa shape index (κ2) is 8.22. The van der Waals surface area contributed by atoms with Gasteiger partial charge in [-0.3, -0.25) is 9.48 Å². The Balaban J connectivity index is 1.42. The minimum atomic E-state index is -0.212. The molecule has 4 aromatic rings. The summed E-state index contributed by atoms with van der Waals surface area (Å²) >= 11 is 0. The van der Waals surface area contributed by atoms with Gasteiger partial charge < -0.3 is 20.1 Å². The number of benzene rings is 2. The second-order valence-corrected chi connectivity index (χ2v) is 7.66. The van der Waals surface area contributed by atoms with Crippen molar-refractivity contribution in [1.29, 1.82) is 0 Å². The predicted molar refractivity (Wildman–Crippen MR) is 121 cm³/mol. The van der Waals surface area contributed by atoms with Crippen LogP contribution in [0.15, 0.2) is 54.7 Å². The molecule has 0 fully saturated rings. The zero-order chi connectivity index (χ0) is 22.1. The van der Waals surface area contributed by atoms with E-state index in [0.717, 1.165) is 33.5 Å². The number of pyridine rings is 1. The minimum Gasteiger partial charge on any atom is -0.454 e. The molecule has 0 saturated carbocycles. The van der Waals surface area contributed by atoms with Crippen molar-refractivity contribution in [3.05, 3.63) is 77.1 Å². The molecule has 8 nitrogen and oxygen atoms in total. The summed E-state index contributed by atoms with van der Waals surface area (Å²) in [6, 6.07) is 15.7. The Bertz CT molecular complexity index is 1300. The van der Waals surface area contributed by atoms with Gasteiger partial charge in [0.25, 0.3) is 5.91 Å². The summed E-state index contributed by atoms with van der Waals surface area (Å²) < 4.78 is 12.5. The summed E-state index contributed by atoms with van der Waals surface area (Å²) in [5, 5.41) is 11.8. The number of hydrogen-bond donors (Lipinski definition) is 2. The van der Waals surface area contributed by atoms with E-state index < -0.39 is 0 Å². The van der Waals surface area contributed by atoms with Gasteiger partial charge in [-0.25, -0.2) is 4.98 Å². The number of aryl methyl sites for hydroxylation is 2. The Morgan fingerprint density at radius 2 is 1.88 bits per heavy atom. The Kier molecular flexibility index (Phi) is 5.10. The smallest absolute Gasteiger partial charge is 0.255 e. The van der Waals surface area contributed by atoms with Crippen molar-refractivity contribution < 1.29 is 14.3 Å². The molecule has 0 atom stereocenters. The van der Waals surface area contributed by atoms with Crippen LogP contribution in [0.5, 0.6) is 11.5 Å². The van der Waals surface area contributed by atoms with Gasteiger partial charge in [-0.1, -0.05) is 36.4 Å². The van der Waals surface area contributed by atoms with Crippen LogP contribution < -0.4 is 20.1 Å². The molecule has 0 spiro atoms. The summed E-state index contributed by atoms with van der Waals surface area (Å²) in [5.74, 6) is 1.20. The molecule has 5 rings (SSSR count). The van der Waals surface area contributed by atoms with Crippen LogP contribution in [0, 0.1) is 6.92 Å². The fourth-order valence-corrected chi connectivity index (χ4v) is 3.88. The highest BCUT2D eigenvalue weighted by molar-refractivity contribution is 6.07. The van der Waals surface area contributed by atoms with E-state index in [1.54, 1.807) is 10.9 Å². The minimum absolute atomic E-state index is 0.212. The number of carbonyl (C=O) groups is 1. The number of nitrogens with zero attached hydrogens (tertiary/aromatic N) is 3. The van der Waals surface area contributed by atoms with E-state index in [1.165, 1.54) is 0 Å². The maximum atomic E-state index is 13.2. The molecule has 0 radical (unpaired) electrons. The molecule has 1 amide bonds. The Morgan fingerprint density at radius 3 is 2.72 bits per heavy atom. The molecular weight excluding hydrogens is 406 g/mol. The van der Waals surface area contributed by atoms with E-state index in [4.69, 9.17) is 9.47 Å². The highest BCUT2D eigenvalue weighted by Gasteiger charge is 2.20. The topological polar surface area (TPSA) is 90.3 Å². The largest absolute Gasteiger partial charge is 0.454 e. The van der Waals surface area contributed by atoms with E-state index in [1.807, 2.05) is 62.5 Å². The molecular formula is C24H23N5O3. The first-order valence-electron chi connectivity index (χ1n) is 10.4. The summed E-state index contributed by atoms with van der Waals surface area (Å²) in [4.78, 5) is 17.7. The molecule has 2 N–H and O–H groups in total. The Hall–Kier alpha value is -4.07. The number of hydrogen-bond acceptors (Lipinski definition) is 6. The quantitative estimate of drug-likeness (QED) is 0.487. The first-order chi connectivity index (χ1) is 15.6. The maximum absolute atomic E-state index is 13.2. The molecule has 2 aromatic heterocycles. The van der Waals surface area contributed by atoms with Crippen LogP contribution in [0.4, 0.5) is 5.69 Å². The van der Waals surface area contributed by atoms with E-state index >= 15 is 0 Å². The van der Waals surface area contributed by atoms with Crippen molar-refractivity contribution in [2.45, 2.75) is 20.0 Å². The number of amides is 1. The van der Waals surface area contributed by atoms with Crippen LogP contribution in [0.25, 0.3) is 11.0 Å². The highest BCUT2D eigenvalue weighted by atomic mass is 16.7. The third-order valence-corrected chi connectivity index (χ3v) is 5.47. The second-order valence-electron chi connectivity index (χ2n) is 7.66. The summed E-state index contributed by atoms with van der Waals surface area (Å²) in [7, 11) is 1.85. The van der Waals surface area contributed by atoms with E-state index in [0.29, 0.717) is 30.2 Å². The number of fused-ring (bicyclic) bond motifs is 2. The number of anilines is 1. The summed E-state index contributed by atoms with van der Waals surface area (Å²) in [5.41, 5.74) is 4.79. The van der Waals surface area contributed by atoms with Gasteiger partial charge in [0.05, 0.1) is 22.3 Å². The number of carbonyl (C=O) groups excluding carboxylic acids is 1. The molecule has 8 heteroatoms. The molecule has 1 aliphatic rings. The van der Waals surface area contributed by atoms with Crippen LogP contribution in [0.1, 0.15) is 27.2 Å². The first kappa shape index (κ1) is 19.9. The predicted octanol–water partition coefficient (Wildman–Crippen LogP) is 3.55. The van der Waals surface area contributed by atoms with Crippen LogP contribution in [0.2, 0.25) is 0 Å². The zero-order valence-corrected chi connectivity index (χ0v) is 17.9. The summed E-state index contributed by atoms with van der Waals surface area (Å²) in [6.45, 7) is 3.08. The highest BCUT2D eigenvalue weighted by Crippen LogP contribution is 2.33. The van der Waals surface area contributed by atoms with Crippen molar-refractivity contribution in [1.82, 2.24) is 20.1 Å². The van der Waals surface area contributed by atoms with Gasteiger partial charge >= 0.3 is 0 Å². The lowest BCUT2D eigenvalue weighted by atomic mass is 10.1. The third kappa shape index (κ3) is 3.71. The standard InChI is InChI=1S/C24H23N5O3/c1-15-21-22(25-11-16-6-4-3-5-7-16)18(13-26-23(21)29(2)28-15)24(30)27-12-17-8-9-19-20(10-17)32-14-31-19/h3-10,13H,11-12,14H2,1-2H3,(H,25,26)(H,27,30). The summed E-state index contributed by atoms with van der Waals surface area (Å²) in [6.07, 6.45) is 1.60. The first-order valence-corrected chi connectivity index (χ1v) is 10.4. The number of nitrogens with one attached hydrogen (secondary N) is 2. The van der Waals surface area contributed by atoms with E-state index in [9.17, 15) is 4.79 Å². The molecule has 0 aliphatic carbocycles. The molecule has 2 aromatic carbocycles. The molecule has 0 bridgehead atoms. The zero-order valence-electron chi connectivity index (χ0n) is 17.9. The number of aromatic nitrogens is 3. The number of rotatable bonds is 6. The number of ether oxygens (including phenoxy) is 2. The van der Waals surface area contributed by atoms with Gasteiger partial charge in [-0.2, -0.15) is 5.10 Å².